The third-order valence-corrected chi connectivity index (χ3v) is 1.82. The number of carbonyl (C=O) groups is 1. The maximum Gasteiger partial charge on any atom is 0.407 e. The van der Waals surface area contributed by atoms with Gasteiger partial charge in [-0.2, -0.15) is 4.39 Å². The molecular weight excluding hydrogens is 175 g/mol. The van der Waals surface area contributed by atoms with Crippen molar-refractivity contribution in [2.24, 2.45) is 0 Å². The maximum atomic E-state index is 13.0. The molecule has 1 aromatic rings. The van der Waals surface area contributed by atoms with Crippen LogP contribution in [0.5, 0.6) is 0 Å². The van der Waals surface area contributed by atoms with E-state index in [1.165, 1.54) is 6.20 Å². The number of hydrogen-bond donors (Lipinski definition) is 1. The molecule has 1 saturated heterocycles. The second kappa shape index (κ2) is 3.01. The highest BCUT2D eigenvalue weighted by Crippen LogP contribution is 2.21. The molecule has 4 nitrogen and oxygen atoms in total. The highest BCUT2D eigenvalue weighted by atomic mass is 19.1. The Morgan fingerprint density at radius 1 is 1.69 bits per heavy atom. The van der Waals surface area contributed by atoms with Crippen molar-refractivity contribution in [1.82, 2.24) is 10.3 Å². The molecule has 2 heterocycles. The molecule has 1 aliphatic rings. The topological polar surface area (TPSA) is 51.2 Å². The normalized spacial score (nSPS) is 21.0. The van der Waals surface area contributed by atoms with E-state index in [0.717, 1.165) is 0 Å². The number of alkyl carbamates (subject to hydrolysis) is 1. The number of ether oxygens (including phenoxy) is 1. The lowest BCUT2D eigenvalue weighted by Crippen LogP contribution is -2.12. The van der Waals surface area contributed by atoms with E-state index in [1.807, 2.05) is 0 Å². The SMILES string of the molecule is O=C1NCC(c2cccnc2F)O1. The van der Waals surface area contributed by atoms with E-state index in [1.54, 1.807) is 12.1 Å². The Bertz CT molecular complexity index is 343. The first-order chi connectivity index (χ1) is 6.27. The molecule has 1 aromatic heterocycles. The van der Waals surface area contributed by atoms with E-state index in [2.05, 4.69) is 10.3 Å². The highest BCUT2D eigenvalue weighted by molar-refractivity contribution is 5.69. The van der Waals surface area contributed by atoms with Crippen LogP contribution in [-0.2, 0) is 4.74 Å². The highest BCUT2D eigenvalue weighted by Gasteiger charge is 2.26. The Morgan fingerprint density at radius 3 is 3.15 bits per heavy atom. The summed E-state index contributed by atoms with van der Waals surface area (Å²) in [6.07, 6.45) is 0.276. The molecule has 68 valence electrons. The summed E-state index contributed by atoms with van der Waals surface area (Å²) in [6.45, 7) is 0.293. The Kier molecular flexibility index (Phi) is 1.84. The third-order valence-electron chi connectivity index (χ3n) is 1.82. The molecule has 5 heteroatoms. The lowest BCUT2D eigenvalue weighted by atomic mass is 10.1. The van der Waals surface area contributed by atoms with Gasteiger partial charge in [0.1, 0.15) is 0 Å². The number of pyridine rings is 1. The molecule has 1 N–H and O–H groups in total. The summed E-state index contributed by atoms with van der Waals surface area (Å²) in [4.78, 5) is 14.1. The van der Waals surface area contributed by atoms with E-state index in [4.69, 9.17) is 4.74 Å². The fourth-order valence-electron chi connectivity index (χ4n) is 1.20. The van der Waals surface area contributed by atoms with Crippen LogP contribution < -0.4 is 5.32 Å². The van der Waals surface area contributed by atoms with E-state index in [-0.39, 0.29) is 0 Å². The Morgan fingerprint density at radius 2 is 2.54 bits per heavy atom. The molecule has 1 atom stereocenters. The smallest absolute Gasteiger partial charge is 0.407 e. The zero-order valence-corrected chi connectivity index (χ0v) is 6.66. The van der Waals surface area contributed by atoms with Gasteiger partial charge in [0.15, 0.2) is 6.10 Å². The number of nitrogens with zero attached hydrogens (tertiary/aromatic N) is 1. The summed E-state index contributed by atoms with van der Waals surface area (Å²) in [6, 6.07) is 3.15. The molecule has 0 radical (unpaired) electrons. The lowest BCUT2D eigenvalue weighted by molar-refractivity contribution is 0.139. The second-order valence-electron chi connectivity index (χ2n) is 2.66. The first kappa shape index (κ1) is 7.97. The van der Waals surface area contributed by atoms with Crippen LogP contribution in [0.4, 0.5) is 9.18 Å². The van der Waals surface area contributed by atoms with Crippen molar-refractivity contribution >= 4 is 6.09 Å². The first-order valence-electron chi connectivity index (χ1n) is 3.82. The van der Waals surface area contributed by atoms with E-state index >= 15 is 0 Å². The Labute approximate surface area is 73.7 Å². The summed E-state index contributed by atoms with van der Waals surface area (Å²) in [5, 5.41) is 2.44. The molecule has 1 fully saturated rings. The van der Waals surface area contributed by atoms with Crippen LogP contribution in [0.25, 0.3) is 0 Å². The van der Waals surface area contributed by atoms with E-state index in [9.17, 15) is 9.18 Å². The molecule has 13 heavy (non-hydrogen) atoms. The first-order valence-corrected chi connectivity index (χ1v) is 3.82. The van der Waals surface area contributed by atoms with Gasteiger partial charge in [-0.15, -0.1) is 0 Å². The molecular formula is C8H7FN2O2. The van der Waals surface area contributed by atoms with E-state index in [0.29, 0.717) is 12.1 Å². The molecule has 0 saturated carbocycles. The number of amides is 1. The van der Waals surface area contributed by atoms with Crippen LogP contribution in [-0.4, -0.2) is 17.6 Å². The van der Waals surface area contributed by atoms with Gasteiger partial charge in [-0.1, -0.05) is 0 Å². The molecule has 1 aliphatic heterocycles. The molecule has 0 aromatic carbocycles. The molecule has 2 rings (SSSR count). The lowest BCUT2D eigenvalue weighted by Gasteiger charge is -2.07. The van der Waals surface area contributed by atoms with Crippen molar-refractivity contribution in [3.8, 4) is 0 Å². The van der Waals surface area contributed by atoms with Gasteiger partial charge in [-0.05, 0) is 12.1 Å². The zero-order valence-electron chi connectivity index (χ0n) is 6.66. The standard InChI is InChI=1S/C8H7FN2O2/c9-7-5(2-1-3-10-7)6-4-11-8(12)13-6/h1-3,6H,4H2,(H,11,12). The van der Waals surface area contributed by atoms with Gasteiger partial charge in [-0.25, -0.2) is 9.78 Å². The minimum absolute atomic E-state index is 0.293. The largest absolute Gasteiger partial charge is 0.439 e. The van der Waals surface area contributed by atoms with Gasteiger partial charge < -0.3 is 10.1 Å². The number of nitrogens with one attached hydrogen (secondary N) is 1. The minimum atomic E-state index is -0.594. The monoisotopic (exact) mass is 182 g/mol. The van der Waals surface area contributed by atoms with Crippen LogP contribution in [0.1, 0.15) is 11.7 Å². The average Bonchev–Trinajstić information content (AvgIpc) is 2.53. The van der Waals surface area contributed by atoms with Crippen molar-refractivity contribution < 1.29 is 13.9 Å². The number of aromatic nitrogens is 1. The molecule has 0 aliphatic carbocycles. The van der Waals surface area contributed by atoms with Crippen molar-refractivity contribution in [3.05, 3.63) is 29.8 Å². The number of carbonyl (C=O) groups excluding carboxylic acids is 1. The van der Waals surface area contributed by atoms with Crippen molar-refractivity contribution in [2.75, 3.05) is 6.54 Å². The number of rotatable bonds is 1. The van der Waals surface area contributed by atoms with Gasteiger partial charge in [0.2, 0.25) is 5.95 Å². The van der Waals surface area contributed by atoms with Crippen molar-refractivity contribution in [1.29, 1.82) is 0 Å². The van der Waals surface area contributed by atoms with Crippen molar-refractivity contribution in [2.45, 2.75) is 6.10 Å². The van der Waals surface area contributed by atoms with Crippen LogP contribution in [0.15, 0.2) is 18.3 Å². The summed E-state index contributed by atoms with van der Waals surface area (Å²) >= 11 is 0. The molecule has 0 bridgehead atoms. The Hall–Kier alpha value is -1.65. The predicted octanol–water partition coefficient (Wildman–Crippen LogP) is 1.00. The van der Waals surface area contributed by atoms with Crippen LogP contribution in [0.2, 0.25) is 0 Å². The molecule has 1 unspecified atom stereocenters. The predicted molar refractivity (Wildman–Crippen MR) is 41.4 cm³/mol. The fraction of sp³-hybridized carbons (Fsp3) is 0.250. The van der Waals surface area contributed by atoms with Gasteiger partial charge >= 0.3 is 6.09 Å². The fourth-order valence-corrected chi connectivity index (χ4v) is 1.20. The summed E-state index contributed by atoms with van der Waals surface area (Å²) < 4.78 is 17.8. The number of halogens is 1. The van der Waals surface area contributed by atoms with Gasteiger partial charge in [0.05, 0.1) is 6.54 Å². The van der Waals surface area contributed by atoms with Gasteiger partial charge in [0.25, 0.3) is 0 Å². The van der Waals surface area contributed by atoms with Crippen molar-refractivity contribution in [3.63, 3.8) is 0 Å². The van der Waals surface area contributed by atoms with Crippen LogP contribution in [0.3, 0.4) is 0 Å². The van der Waals surface area contributed by atoms with Gasteiger partial charge in [-0.3, -0.25) is 0 Å². The molecule has 1 amide bonds. The number of cyclic esters (lactones) is 1. The Balaban J connectivity index is 2.26. The number of hydrogen-bond acceptors (Lipinski definition) is 3. The molecule has 0 spiro atoms. The quantitative estimate of drug-likeness (QED) is 0.659. The second-order valence-corrected chi connectivity index (χ2v) is 2.66. The minimum Gasteiger partial charge on any atom is -0.439 e. The zero-order chi connectivity index (χ0) is 9.26. The summed E-state index contributed by atoms with van der Waals surface area (Å²) in [5.74, 6) is -0.594. The van der Waals surface area contributed by atoms with Gasteiger partial charge in [0, 0.05) is 11.8 Å². The maximum absolute atomic E-state index is 13.0. The average molecular weight is 182 g/mol. The third kappa shape index (κ3) is 1.44. The summed E-state index contributed by atoms with van der Waals surface area (Å²) in [7, 11) is 0. The van der Waals surface area contributed by atoms with E-state index < -0.39 is 18.1 Å². The van der Waals surface area contributed by atoms with Crippen LogP contribution >= 0.6 is 0 Å². The van der Waals surface area contributed by atoms with Crippen LogP contribution in [0, 0.1) is 5.95 Å². The summed E-state index contributed by atoms with van der Waals surface area (Å²) in [5.41, 5.74) is 0.306.